The lowest BCUT2D eigenvalue weighted by molar-refractivity contribution is -0.118. The Morgan fingerprint density at radius 3 is 2.34 bits per heavy atom. The van der Waals surface area contributed by atoms with Crippen molar-refractivity contribution in [3.8, 4) is 0 Å². The average Bonchev–Trinajstić information content (AvgIpc) is 3.13. The van der Waals surface area contributed by atoms with E-state index in [0.29, 0.717) is 49.8 Å². The second-order valence-electron chi connectivity index (χ2n) is 6.13. The van der Waals surface area contributed by atoms with Crippen LogP contribution in [0.25, 0.3) is 0 Å². The lowest BCUT2D eigenvalue weighted by Gasteiger charge is -2.25. The van der Waals surface area contributed by atoms with Crippen LogP contribution >= 0.6 is 36.2 Å². The molecule has 0 radical (unpaired) electrons. The van der Waals surface area contributed by atoms with Crippen molar-refractivity contribution < 1.29 is 14.3 Å². The SMILES string of the molecule is Cl.Cl.NCCc1nc(C(=O)Nc2ccc(NC(=O)CN3CCOCC3)cc2)cs1. The molecule has 1 fully saturated rings. The van der Waals surface area contributed by atoms with Gasteiger partial charge in [-0.2, -0.15) is 0 Å². The molecule has 0 aliphatic carbocycles. The van der Waals surface area contributed by atoms with Gasteiger partial charge in [-0.15, -0.1) is 36.2 Å². The van der Waals surface area contributed by atoms with Crippen LogP contribution in [0.4, 0.5) is 11.4 Å². The molecule has 0 spiro atoms. The molecule has 2 aromatic rings. The molecule has 11 heteroatoms. The zero-order chi connectivity index (χ0) is 19.1. The quantitative estimate of drug-likeness (QED) is 0.581. The number of ether oxygens (including phenoxy) is 1. The van der Waals surface area contributed by atoms with Gasteiger partial charge in [-0.05, 0) is 30.8 Å². The number of halogens is 2. The lowest BCUT2D eigenvalue weighted by atomic mass is 10.2. The lowest BCUT2D eigenvalue weighted by Crippen LogP contribution is -2.41. The Morgan fingerprint density at radius 2 is 1.72 bits per heavy atom. The molecule has 8 nitrogen and oxygen atoms in total. The molecule has 3 rings (SSSR count). The summed E-state index contributed by atoms with van der Waals surface area (Å²) in [6.45, 7) is 3.71. The standard InChI is InChI=1S/C18H23N5O3S.2ClH/c19-6-5-17-22-15(12-27-17)18(25)21-14-3-1-13(2-4-14)20-16(24)11-23-7-9-26-10-8-23;;/h1-4,12H,5-11,19H2,(H,20,24)(H,21,25);2*1H. The Hall–Kier alpha value is -1.75. The fourth-order valence-electron chi connectivity index (χ4n) is 2.65. The van der Waals surface area contributed by atoms with E-state index in [1.165, 1.54) is 11.3 Å². The highest BCUT2D eigenvalue weighted by Crippen LogP contribution is 2.16. The molecule has 0 unspecified atom stereocenters. The van der Waals surface area contributed by atoms with Gasteiger partial charge in [0.25, 0.3) is 5.91 Å². The number of carbonyl (C=O) groups is 2. The molecule has 1 saturated heterocycles. The predicted molar refractivity (Wildman–Crippen MR) is 120 cm³/mol. The first-order valence-electron chi connectivity index (χ1n) is 8.80. The summed E-state index contributed by atoms with van der Waals surface area (Å²) < 4.78 is 5.27. The molecule has 0 bridgehead atoms. The molecule has 0 saturated carbocycles. The van der Waals surface area contributed by atoms with Crippen LogP contribution in [-0.2, 0) is 16.0 Å². The van der Waals surface area contributed by atoms with Gasteiger partial charge >= 0.3 is 0 Å². The summed E-state index contributed by atoms with van der Waals surface area (Å²) in [6.07, 6.45) is 0.663. The number of benzene rings is 1. The Morgan fingerprint density at radius 1 is 1.10 bits per heavy atom. The Labute approximate surface area is 186 Å². The van der Waals surface area contributed by atoms with E-state index in [0.717, 1.165) is 18.1 Å². The fourth-order valence-corrected chi connectivity index (χ4v) is 3.44. The van der Waals surface area contributed by atoms with E-state index in [-0.39, 0.29) is 36.6 Å². The molecule has 1 aliphatic rings. The first-order valence-corrected chi connectivity index (χ1v) is 9.68. The van der Waals surface area contributed by atoms with Crippen LogP contribution in [0.5, 0.6) is 0 Å². The van der Waals surface area contributed by atoms with Gasteiger partial charge in [0.1, 0.15) is 5.69 Å². The third kappa shape index (κ3) is 7.88. The second-order valence-corrected chi connectivity index (χ2v) is 7.08. The number of amides is 2. The maximum atomic E-state index is 12.2. The summed E-state index contributed by atoms with van der Waals surface area (Å²) in [5, 5.41) is 8.23. The summed E-state index contributed by atoms with van der Waals surface area (Å²) >= 11 is 1.43. The third-order valence-electron chi connectivity index (χ3n) is 4.04. The highest BCUT2D eigenvalue weighted by molar-refractivity contribution is 7.09. The number of aromatic nitrogens is 1. The molecule has 1 aromatic carbocycles. The van der Waals surface area contributed by atoms with Crippen molar-refractivity contribution in [2.75, 3.05) is 50.0 Å². The van der Waals surface area contributed by atoms with Crippen LogP contribution in [0.15, 0.2) is 29.6 Å². The molecule has 2 amide bonds. The van der Waals surface area contributed by atoms with Gasteiger partial charge in [-0.25, -0.2) is 4.98 Å². The number of morpholine rings is 1. The molecule has 2 heterocycles. The van der Waals surface area contributed by atoms with Crippen LogP contribution in [0, 0.1) is 0 Å². The Kier molecular flexibility index (Phi) is 11.1. The number of nitrogens with zero attached hydrogens (tertiary/aromatic N) is 2. The molecule has 29 heavy (non-hydrogen) atoms. The van der Waals surface area contributed by atoms with E-state index >= 15 is 0 Å². The van der Waals surface area contributed by atoms with Gasteiger partial charge in [0.2, 0.25) is 5.91 Å². The fraction of sp³-hybridized carbons (Fsp3) is 0.389. The monoisotopic (exact) mass is 461 g/mol. The van der Waals surface area contributed by atoms with Crippen molar-refractivity contribution in [3.63, 3.8) is 0 Å². The second kappa shape index (κ2) is 12.7. The normalized spacial score (nSPS) is 13.7. The van der Waals surface area contributed by atoms with Gasteiger partial charge in [-0.3, -0.25) is 14.5 Å². The Balaban J connectivity index is 0.00000210. The Bertz CT molecular complexity index is 782. The number of anilines is 2. The maximum absolute atomic E-state index is 12.2. The molecular formula is C18H25Cl2N5O3S. The molecular weight excluding hydrogens is 437 g/mol. The summed E-state index contributed by atoms with van der Waals surface area (Å²) in [6, 6.07) is 7.01. The van der Waals surface area contributed by atoms with Crippen LogP contribution in [-0.4, -0.2) is 61.1 Å². The molecule has 1 aliphatic heterocycles. The first-order chi connectivity index (χ1) is 13.1. The molecule has 4 N–H and O–H groups in total. The minimum atomic E-state index is -0.265. The summed E-state index contributed by atoms with van der Waals surface area (Å²) in [5.41, 5.74) is 7.20. The van der Waals surface area contributed by atoms with E-state index in [4.69, 9.17) is 10.5 Å². The van der Waals surface area contributed by atoms with Crippen molar-refractivity contribution in [2.24, 2.45) is 5.73 Å². The maximum Gasteiger partial charge on any atom is 0.275 e. The first kappa shape index (κ1) is 25.3. The topological polar surface area (TPSA) is 110 Å². The van der Waals surface area contributed by atoms with Gasteiger partial charge in [0.05, 0.1) is 24.8 Å². The van der Waals surface area contributed by atoms with Crippen molar-refractivity contribution in [1.29, 1.82) is 0 Å². The van der Waals surface area contributed by atoms with E-state index in [9.17, 15) is 9.59 Å². The largest absolute Gasteiger partial charge is 0.379 e. The molecule has 0 atom stereocenters. The van der Waals surface area contributed by atoms with Crippen molar-refractivity contribution in [1.82, 2.24) is 9.88 Å². The van der Waals surface area contributed by atoms with Crippen molar-refractivity contribution in [3.05, 3.63) is 40.3 Å². The number of hydrogen-bond donors (Lipinski definition) is 3. The van der Waals surface area contributed by atoms with E-state index in [1.807, 2.05) is 0 Å². The van der Waals surface area contributed by atoms with Gasteiger partial charge in [0.15, 0.2) is 0 Å². The van der Waals surface area contributed by atoms with E-state index in [2.05, 4.69) is 20.5 Å². The van der Waals surface area contributed by atoms with Crippen LogP contribution in [0.3, 0.4) is 0 Å². The number of nitrogens with two attached hydrogens (primary N) is 1. The predicted octanol–water partition coefficient (Wildman–Crippen LogP) is 2.01. The van der Waals surface area contributed by atoms with Crippen LogP contribution in [0.2, 0.25) is 0 Å². The smallest absolute Gasteiger partial charge is 0.275 e. The minimum absolute atomic E-state index is 0. The number of carbonyl (C=O) groups excluding carboxylic acids is 2. The number of hydrogen-bond acceptors (Lipinski definition) is 7. The highest BCUT2D eigenvalue weighted by Gasteiger charge is 2.14. The summed E-state index contributed by atoms with van der Waals surface area (Å²) in [5.74, 6) is -0.331. The zero-order valence-corrected chi connectivity index (χ0v) is 18.2. The van der Waals surface area contributed by atoms with Crippen molar-refractivity contribution >= 4 is 59.3 Å². The van der Waals surface area contributed by atoms with Crippen LogP contribution in [0.1, 0.15) is 15.5 Å². The van der Waals surface area contributed by atoms with Gasteiger partial charge in [-0.1, -0.05) is 0 Å². The zero-order valence-electron chi connectivity index (χ0n) is 15.8. The minimum Gasteiger partial charge on any atom is -0.379 e. The van der Waals surface area contributed by atoms with Crippen molar-refractivity contribution in [2.45, 2.75) is 6.42 Å². The number of rotatable bonds is 7. The van der Waals surface area contributed by atoms with E-state index < -0.39 is 0 Å². The average molecular weight is 462 g/mol. The highest BCUT2D eigenvalue weighted by atomic mass is 35.5. The number of thiazole rings is 1. The van der Waals surface area contributed by atoms with Gasteiger partial charge in [0, 0.05) is 36.3 Å². The van der Waals surface area contributed by atoms with Gasteiger partial charge < -0.3 is 21.1 Å². The summed E-state index contributed by atoms with van der Waals surface area (Å²) in [7, 11) is 0. The number of nitrogens with one attached hydrogen (secondary N) is 2. The third-order valence-corrected chi connectivity index (χ3v) is 4.95. The van der Waals surface area contributed by atoms with E-state index in [1.54, 1.807) is 29.6 Å². The molecule has 1 aromatic heterocycles. The van der Waals surface area contributed by atoms with Crippen LogP contribution < -0.4 is 16.4 Å². The molecule has 160 valence electrons. The summed E-state index contributed by atoms with van der Waals surface area (Å²) in [4.78, 5) is 30.7.